The molecule has 1 aromatic heterocycles. The van der Waals surface area contributed by atoms with Crippen molar-refractivity contribution in [3.8, 4) is 5.75 Å². The van der Waals surface area contributed by atoms with Gasteiger partial charge in [0.25, 0.3) is 5.91 Å². The molecule has 7 heteroatoms. The number of nitrogens with zero attached hydrogens (tertiary/aromatic N) is 2. The van der Waals surface area contributed by atoms with Crippen LogP contribution in [0.25, 0.3) is 0 Å². The second-order valence-electron chi connectivity index (χ2n) is 7.91. The molecule has 0 radical (unpaired) electrons. The number of fused-ring (bicyclic) bond motifs is 1. The number of anilines is 2. The van der Waals surface area contributed by atoms with Gasteiger partial charge in [0, 0.05) is 23.4 Å². The van der Waals surface area contributed by atoms with E-state index in [1.54, 1.807) is 22.9 Å². The number of Topliss-reactive ketones (excluding diaryl/α,β-unsaturated/α-hetero) is 1. The van der Waals surface area contributed by atoms with Crippen LogP contribution >= 0.6 is 0 Å². The van der Waals surface area contributed by atoms with Gasteiger partial charge in [0.05, 0.1) is 6.20 Å². The number of hydrogen-bond acceptors (Lipinski definition) is 5. The van der Waals surface area contributed by atoms with Crippen LogP contribution in [-0.4, -0.2) is 26.6 Å². The van der Waals surface area contributed by atoms with Crippen LogP contribution in [0, 0.1) is 6.92 Å². The molecule has 5 rings (SSSR count). The van der Waals surface area contributed by atoms with E-state index < -0.39 is 6.04 Å². The molecular weight excluding hydrogens is 392 g/mol. The van der Waals surface area contributed by atoms with E-state index in [1.807, 2.05) is 37.3 Å². The molecule has 0 saturated carbocycles. The number of para-hydroxylation sites is 1. The van der Waals surface area contributed by atoms with Crippen molar-refractivity contribution in [3.63, 3.8) is 0 Å². The molecule has 3 aromatic rings. The molecule has 1 amide bonds. The zero-order valence-corrected chi connectivity index (χ0v) is 17.1. The Hall–Kier alpha value is -3.87. The summed E-state index contributed by atoms with van der Waals surface area (Å²) in [5.41, 5.74) is 4.32. The summed E-state index contributed by atoms with van der Waals surface area (Å²) in [5.74, 6) is 0.457. The third kappa shape index (κ3) is 3.28. The van der Waals surface area contributed by atoms with Crippen LogP contribution in [0.4, 0.5) is 11.5 Å². The molecule has 1 aliphatic heterocycles. The monoisotopic (exact) mass is 414 g/mol. The Morgan fingerprint density at radius 1 is 1.19 bits per heavy atom. The van der Waals surface area contributed by atoms with Crippen molar-refractivity contribution in [2.24, 2.45) is 0 Å². The number of rotatable bonds is 3. The van der Waals surface area contributed by atoms with Gasteiger partial charge in [0.1, 0.15) is 23.2 Å². The highest BCUT2D eigenvalue weighted by Gasteiger charge is 2.37. The molecule has 2 aliphatic rings. The fraction of sp³-hybridized carbons (Fsp3) is 0.208. The first-order valence-electron chi connectivity index (χ1n) is 10.3. The highest BCUT2D eigenvalue weighted by molar-refractivity contribution is 6.08. The number of aromatic nitrogens is 2. The fourth-order valence-corrected chi connectivity index (χ4v) is 4.33. The Balaban J connectivity index is 1.59. The third-order valence-corrected chi connectivity index (χ3v) is 5.86. The number of ketones is 1. The van der Waals surface area contributed by atoms with Crippen molar-refractivity contribution in [2.75, 3.05) is 10.6 Å². The van der Waals surface area contributed by atoms with Gasteiger partial charge in [-0.15, -0.1) is 0 Å². The molecule has 2 heterocycles. The van der Waals surface area contributed by atoms with Crippen molar-refractivity contribution in [1.82, 2.24) is 9.78 Å². The van der Waals surface area contributed by atoms with Crippen molar-refractivity contribution >= 4 is 23.2 Å². The molecule has 156 valence electrons. The van der Waals surface area contributed by atoms with Gasteiger partial charge in [-0.2, -0.15) is 5.10 Å². The van der Waals surface area contributed by atoms with Gasteiger partial charge in [-0.05, 0) is 49.1 Å². The van der Waals surface area contributed by atoms with Gasteiger partial charge in [-0.1, -0.05) is 30.3 Å². The van der Waals surface area contributed by atoms with E-state index in [0.717, 1.165) is 35.4 Å². The predicted octanol–water partition coefficient (Wildman–Crippen LogP) is 4.17. The van der Waals surface area contributed by atoms with Gasteiger partial charge in [0.2, 0.25) is 0 Å². The maximum atomic E-state index is 13.1. The van der Waals surface area contributed by atoms with Crippen LogP contribution in [0.2, 0.25) is 0 Å². The third-order valence-electron chi connectivity index (χ3n) is 5.86. The SMILES string of the molecule is Cc1ccccc1NC(=O)c1cnn2c1NC1=C(C(=O)CCC1)[C@@H]2c1cccc(O)c1. The Labute approximate surface area is 179 Å². The molecule has 3 N–H and O–H groups in total. The standard InChI is InChI=1S/C24H22N4O3/c1-14-6-2-3-9-18(14)27-24(31)17-13-25-28-22(15-7-4-8-16(29)12-15)21-19(26-23(17)28)10-5-11-20(21)30/h2-4,6-9,12-13,22,26,29H,5,10-11H2,1H3,(H,27,31)/t22-/m0/s1. The largest absolute Gasteiger partial charge is 0.508 e. The minimum Gasteiger partial charge on any atom is -0.508 e. The number of carbonyl (C=O) groups excluding carboxylic acids is 2. The van der Waals surface area contributed by atoms with Crippen LogP contribution in [0.3, 0.4) is 0 Å². The molecule has 7 nitrogen and oxygen atoms in total. The average Bonchev–Trinajstić information content (AvgIpc) is 3.18. The van der Waals surface area contributed by atoms with E-state index in [2.05, 4.69) is 15.7 Å². The van der Waals surface area contributed by atoms with E-state index >= 15 is 0 Å². The maximum Gasteiger partial charge on any atom is 0.261 e. The summed E-state index contributed by atoms with van der Waals surface area (Å²) in [4.78, 5) is 25.9. The summed E-state index contributed by atoms with van der Waals surface area (Å²) in [6.07, 6.45) is 3.48. The van der Waals surface area contributed by atoms with Crippen molar-refractivity contribution < 1.29 is 14.7 Å². The quantitative estimate of drug-likeness (QED) is 0.598. The Morgan fingerprint density at radius 2 is 2.03 bits per heavy atom. The summed E-state index contributed by atoms with van der Waals surface area (Å²) in [6, 6.07) is 13.9. The number of allylic oxidation sites excluding steroid dienone is 2. The summed E-state index contributed by atoms with van der Waals surface area (Å²) in [7, 11) is 0. The summed E-state index contributed by atoms with van der Waals surface area (Å²) in [6.45, 7) is 1.93. The van der Waals surface area contributed by atoms with Crippen molar-refractivity contribution in [3.05, 3.63) is 82.7 Å². The molecule has 31 heavy (non-hydrogen) atoms. The van der Waals surface area contributed by atoms with E-state index in [0.29, 0.717) is 23.4 Å². The summed E-state index contributed by atoms with van der Waals surface area (Å²) >= 11 is 0. The van der Waals surface area contributed by atoms with E-state index in [-0.39, 0.29) is 17.4 Å². The minimum absolute atomic E-state index is 0.0640. The number of phenolic OH excluding ortho intramolecular Hbond substituents is 1. The zero-order valence-electron chi connectivity index (χ0n) is 17.1. The maximum absolute atomic E-state index is 13.1. The number of phenols is 1. The molecule has 0 fully saturated rings. The van der Waals surface area contributed by atoms with Crippen LogP contribution < -0.4 is 10.6 Å². The number of hydrogen-bond donors (Lipinski definition) is 3. The highest BCUT2D eigenvalue weighted by atomic mass is 16.3. The number of nitrogens with one attached hydrogen (secondary N) is 2. The van der Waals surface area contributed by atoms with Crippen LogP contribution in [-0.2, 0) is 4.79 Å². The lowest BCUT2D eigenvalue weighted by atomic mass is 9.85. The zero-order chi connectivity index (χ0) is 21.5. The molecule has 1 atom stereocenters. The fourth-order valence-electron chi connectivity index (χ4n) is 4.33. The van der Waals surface area contributed by atoms with E-state index in [4.69, 9.17) is 0 Å². The first-order valence-corrected chi connectivity index (χ1v) is 10.3. The van der Waals surface area contributed by atoms with Gasteiger partial charge < -0.3 is 15.7 Å². The highest BCUT2D eigenvalue weighted by Crippen LogP contribution is 2.42. The van der Waals surface area contributed by atoms with Gasteiger partial charge in [-0.25, -0.2) is 4.68 Å². The van der Waals surface area contributed by atoms with Gasteiger partial charge >= 0.3 is 0 Å². The molecule has 0 spiro atoms. The van der Waals surface area contributed by atoms with E-state index in [1.165, 1.54) is 6.20 Å². The topological polar surface area (TPSA) is 96.3 Å². The lowest BCUT2D eigenvalue weighted by molar-refractivity contribution is -0.116. The summed E-state index contributed by atoms with van der Waals surface area (Å²) in [5, 5.41) is 20.8. The number of aromatic hydroxyl groups is 1. The second-order valence-corrected chi connectivity index (χ2v) is 7.91. The van der Waals surface area contributed by atoms with Crippen molar-refractivity contribution in [2.45, 2.75) is 32.2 Å². The Morgan fingerprint density at radius 3 is 2.84 bits per heavy atom. The van der Waals surface area contributed by atoms with Gasteiger partial charge in [0.15, 0.2) is 5.78 Å². The molecule has 0 bridgehead atoms. The van der Waals surface area contributed by atoms with Gasteiger partial charge in [-0.3, -0.25) is 9.59 Å². The summed E-state index contributed by atoms with van der Waals surface area (Å²) < 4.78 is 1.67. The number of amides is 1. The lowest BCUT2D eigenvalue weighted by Gasteiger charge is -2.33. The van der Waals surface area contributed by atoms with E-state index in [9.17, 15) is 14.7 Å². The van der Waals surface area contributed by atoms with Crippen LogP contribution in [0.15, 0.2) is 66.0 Å². The first-order chi connectivity index (χ1) is 15.0. The normalized spacial score (nSPS) is 17.6. The number of benzene rings is 2. The second kappa shape index (κ2) is 7.43. The van der Waals surface area contributed by atoms with Crippen LogP contribution in [0.1, 0.15) is 46.8 Å². The number of carbonyl (C=O) groups is 2. The van der Waals surface area contributed by atoms with Crippen molar-refractivity contribution in [1.29, 1.82) is 0 Å². The molecule has 1 aliphatic carbocycles. The Kier molecular flexibility index (Phi) is 4.58. The lowest BCUT2D eigenvalue weighted by Crippen LogP contribution is -2.32. The predicted molar refractivity (Wildman–Crippen MR) is 117 cm³/mol. The molecule has 0 saturated heterocycles. The average molecular weight is 414 g/mol. The number of aryl methyl sites for hydroxylation is 1. The molecule has 2 aromatic carbocycles. The van der Waals surface area contributed by atoms with Crippen LogP contribution in [0.5, 0.6) is 5.75 Å². The first kappa shape index (κ1) is 19.1. The molecular formula is C24H22N4O3. The molecule has 0 unspecified atom stereocenters. The smallest absolute Gasteiger partial charge is 0.261 e. The Bertz CT molecular complexity index is 1240. The minimum atomic E-state index is -0.494.